The normalized spacial score (nSPS) is 12.7. The lowest BCUT2D eigenvalue weighted by Crippen LogP contribution is -2.19. The van der Waals surface area contributed by atoms with Crippen molar-refractivity contribution in [2.75, 3.05) is 0 Å². The fraction of sp³-hybridized carbons (Fsp3) is 0.429. The third kappa shape index (κ3) is 3.15. The van der Waals surface area contributed by atoms with Gasteiger partial charge in [-0.3, -0.25) is 4.98 Å². The van der Waals surface area contributed by atoms with Crippen molar-refractivity contribution < 1.29 is 0 Å². The van der Waals surface area contributed by atoms with E-state index in [1.807, 2.05) is 19.2 Å². The van der Waals surface area contributed by atoms with Crippen LogP contribution in [0.15, 0.2) is 18.3 Å². The Hall–Kier alpha value is -1.26. The van der Waals surface area contributed by atoms with Crippen LogP contribution in [0.25, 0.3) is 0 Å². The number of thiazole rings is 1. The quantitative estimate of drug-likeness (QED) is 0.917. The van der Waals surface area contributed by atoms with E-state index in [-0.39, 0.29) is 6.04 Å². The summed E-state index contributed by atoms with van der Waals surface area (Å²) in [5, 5.41) is 4.63. The molecule has 2 aromatic heterocycles. The molecule has 3 nitrogen and oxygen atoms in total. The molecule has 0 amide bonds. The molecule has 0 fully saturated rings. The van der Waals surface area contributed by atoms with Gasteiger partial charge in [-0.15, -0.1) is 11.3 Å². The van der Waals surface area contributed by atoms with Gasteiger partial charge in [0.15, 0.2) is 0 Å². The molecule has 0 bridgehead atoms. The molecule has 0 aromatic carbocycles. The molecule has 0 saturated carbocycles. The van der Waals surface area contributed by atoms with Gasteiger partial charge in [0.1, 0.15) is 0 Å². The van der Waals surface area contributed by atoms with Gasteiger partial charge in [0.05, 0.1) is 10.7 Å². The Bertz CT molecular complexity index is 516. The van der Waals surface area contributed by atoms with Crippen LogP contribution >= 0.6 is 11.3 Å². The standard InChI is InChI=1S/C14H19N3S/c1-9-5-6-13(7-15-9)8-16-10(2)14-11(3)18-12(4)17-14/h5-7,10,16H,8H2,1-4H3. The van der Waals surface area contributed by atoms with Gasteiger partial charge in [0.25, 0.3) is 0 Å². The van der Waals surface area contributed by atoms with Crippen LogP contribution in [0.2, 0.25) is 0 Å². The molecular weight excluding hydrogens is 242 g/mol. The number of nitrogens with zero attached hydrogens (tertiary/aromatic N) is 2. The van der Waals surface area contributed by atoms with Crippen molar-refractivity contribution in [2.45, 2.75) is 40.3 Å². The van der Waals surface area contributed by atoms with Crippen LogP contribution in [0.1, 0.15) is 39.8 Å². The van der Waals surface area contributed by atoms with Gasteiger partial charge in [0, 0.05) is 29.4 Å². The number of rotatable bonds is 4. The molecule has 1 unspecified atom stereocenters. The predicted molar refractivity (Wildman–Crippen MR) is 75.8 cm³/mol. The first-order valence-corrected chi connectivity index (χ1v) is 6.96. The Balaban J connectivity index is 1.98. The maximum Gasteiger partial charge on any atom is 0.0900 e. The van der Waals surface area contributed by atoms with E-state index in [9.17, 15) is 0 Å². The van der Waals surface area contributed by atoms with Crippen molar-refractivity contribution in [3.05, 3.63) is 45.2 Å². The maximum absolute atomic E-state index is 4.58. The highest BCUT2D eigenvalue weighted by atomic mass is 32.1. The smallest absolute Gasteiger partial charge is 0.0900 e. The number of hydrogen-bond acceptors (Lipinski definition) is 4. The van der Waals surface area contributed by atoms with Crippen molar-refractivity contribution >= 4 is 11.3 Å². The maximum atomic E-state index is 4.58. The summed E-state index contributed by atoms with van der Waals surface area (Å²) in [7, 11) is 0. The molecule has 1 atom stereocenters. The third-order valence-corrected chi connectivity index (χ3v) is 3.84. The van der Waals surface area contributed by atoms with Crippen molar-refractivity contribution in [1.82, 2.24) is 15.3 Å². The number of nitrogens with one attached hydrogen (secondary N) is 1. The molecule has 2 heterocycles. The highest BCUT2D eigenvalue weighted by Crippen LogP contribution is 2.22. The minimum Gasteiger partial charge on any atom is -0.305 e. The Labute approximate surface area is 112 Å². The summed E-state index contributed by atoms with van der Waals surface area (Å²) in [4.78, 5) is 10.2. The Morgan fingerprint density at radius 2 is 2.06 bits per heavy atom. The zero-order valence-electron chi connectivity index (χ0n) is 11.3. The van der Waals surface area contributed by atoms with Gasteiger partial charge in [-0.2, -0.15) is 0 Å². The van der Waals surface area contributed by atoms with Crippen LogP contribution in [-0.2, 0) is 6.54 Å². The fourth-order valence-corrected chi connectivity index (χ4v) is 2.83. The Kier molecular flexibility index (Phi) is 4.09. The van der Waals surface area contributed by atoms with E-state index in [0.717, 1.165) is 22.9 Å². The summed E-state index contributed by atoms with van der Waals surface area (Å²) in [6.07, 6.45) is 1.92. The molecule has 0 aliphatic carbocycles. The van der Waals surface area contributed by atoms with Crippen molar-refractivity contribution in [3.63, 3.8) is 0 Å². The first-order valence-electron chi connectivity index (χ1n) is 6.15. The summed E-state index contributed by atoms with van der Waals surface area (Å²) >= 11 is 1.76. The van der Waals surface area contributed by atoms with Crippen molar-refractivity contribution in [2.24, 2.45) is 0 Å². The molecule has 0 spiro atoms. The summed E-state index contributed by atoms with van der Waals surface area (Å²) < 4.78 is 0. The van der Waals surface area contributed by atoms with Gasteiger partial charge in [0.2, 0.25) is 0 Å². The van der Waals surface area contributed by atoms with Crippen LogP contribution in [0, 0.1) is 20.8 Å². The highest BCUT2D eigenvalue weighted by Gasteiger charge is 2.12. The SMILES string of the molecule is Cc1ccc(CNC(C)c2nc(C)sc2C)cn1. The monoisotopic (exact) mass is 261 g/mol. The molecule has 0 saturated heterocycles. The summed E-state index contributed by atoms with van der Waals surface area (Å²) in [6.45, 7) is 9.16. The first kappa shape index (κ1) is 13.2. The predicted octanol–water partition coefficient (Wildman–Crippen LogP) is 3.31. The van der Waals surface area contributed by atoms with Crippen molar-refractivity contribution in [1.29, 1.82) is 0 Å². The molecule has 0 aliphatic rings. The van der Waals surface area contributed by atoms with Crippen molar-refractivity contribution in [3.8, 4) is 0 Å². The van der Waals surface area contributed by atoms with E-state index >= 15 is 0 Å². The van der Waals surface area contributed by atoms with Gasteiger partial charge >= 0.3 is 0 Å². The molecule has 4 heteroatoms. The number of aromatic nitrogens is 2. The first-order chi connectivity index (χ1) is 8.56. The van der Waals surface area contributed by atoms with Crippen LogP contribution in [-0.4, -0.2) is 9.97 Å². The zero-order valence-corrected chi connectivity index (χ0v) is 12.1. The molecule has 2 aromatic rings. The van der Waals surface area contributed by atoms with Crippen LogP contribution in [0.5, 0.6) is 0 Å². The van der Waals surface area contributed by atoms with Gasteiger partial charge in [-0.25, -0.2) is 4.98 Å². The molecular formula is C14H19N3S. The summed E-state index contributed by atoms with van der Waals surface area (Å²) in [5.74, 6) is 0. The van der Waals surface area contributed by atoms with E-state index in [1.54, 1.807) is 11.3 Å². The Morgan fingerprint density at radius 3 is 2.61 bits per heavy atom. The molecule has 2 rings (SSSR count). The Morgan fingerprint density at radius 1 is 1.28 bits per heavy atom. The van der Waals surface area contributed by atoms with Gasteiger partial charge < -0.3 is 5.32 Å². The number of hydrogen-bond donors (Lipinski definition) is 1. The summed E-state index contributed by atoms with van der Waals surface area (Å²) in [6, 6.07) is 4.43. The van der Waals surface area contributed by atoms with Gasteiger partial charge in [-0.05, 0) is 39.3 Å². The fourth-order valence-electron chi connectivity index (χ4n) is 1.92. The molecule has 0 aliphatic heterocycles. The number of aryl methyl sites for hydroxylation is 3. The second-order valence-electron chi connectivity index (χ2n) is 4.58. The lowest BCUT2D eigenvalue weighted by Gasteiger charge is -2.12. The lowest BCUT2D eigenvalue weighted by molar-refractivity contribution is 0.560. The van der Waals surface area contributed by atoms with E-state index in [1.165, 1.54) is 10.4 Å². The number of pyridine rings is 1. The average Bonchev–Trinajstić information content (AvgIpc) is 2.67. The van der Waals surface area contributed by atoms with Crippen LogP contribution in [0.4, 0.5) is 0 Å². The average molecular weight is 261 g/mol. The third-order valence-electron chi connectivity index (χ3n) is 2.93. The minimum atomic E-state index is 0.274. The largest absolute Gasteiger partial charge is 0.305 e. The molecule has 96 valence electrons. The second kappa shape index (κ2) is 5.59. The minimum absolute atomic E-state index is 0.274. The van der Waals surface area contributed by atoms with E-state index < -0.39 is 0 Å². The lowest BCUT2D eigenvalue weighted by atomic mass is 10.2. The molecule has 18 heavy (non-hydrogen) atoms. The molecule has 1 N–H and O–H groups in total. The van der Waals surface area contributed by atoms with Crippen LogP contribution in [0.3, 0.4) is 0 Å². The van der Waals surface area contributed by atoms with Crippen LogP contribution < -0.4 is 5.32 Å². The van der Waals surface area contributed by atoms with Gasteiger partial charge in [-0.1, -0.05) is 6.07 Å². The topological polar surface area (TPSA) is 37.8 Å². The summed E-state index contributed by atoms with van der Waals surface area (Å²) in [5.41, 5.74) is 3.42. The highest BCUT2D eigenvalue weighted by molar-refractivity contribution is 7.11. The second-order valence-corrected chi connectivity index (χ2v) is 5.99. The van der Waals surface area contributed by atoms with E-state index in [2.05, 4.69) is 42.1 Å². The zero-order chi connectivity index (χ0) is 13.1. The molecule has 0 radical (unpaired) electrons. The van der Waals surface area contributed by atoms with E-state index in [4.69, 9.17) is 0 Å². The van der Waals surface area contributed by atoms with E-state index in [0.29, 0.717) is 0 Å².